The zero-order chi connectivity index (χ0) is 24.4. The molecule has 3 N–H and O–H groups in total. The number of ether oxygens (including phenoxy) is 3. The summed E-state index contributed by atoms with van der Waals surface area (Å²) in [5, 5.41) is 6.81. The van der Waals surface area contributed by atoms with Gasteiger partial charge < -0.3 is 29.8 Å². The lowest BCUT2D eigenvalue weighted by molar-refractivity contribution is -0.0107. The van der Waals surface area contributed by atoms with Gasteiger partial charge in [0.2, 0.25) is 0 Å². The Labute approximate surface area is 208 Å². The van der Waals surface area contributed by atoms with Gasteiger partial charge in [-0.05, 0) is 25.2 Å². The summed E-state index contributed by atoms with van der Waals surface area (Å²) in [6.45, 7) is 3.23. The van der Waals surface area contributed by atoms with Crippen LogP contribution in [-0.2, 0) is 11.2 Å². The topological polar surface area (TPSA) is 101 Å². The Bertz CT molecular complexity index is 1230. The van der Waals surface area contributed by atoms with Crippen LogP contribution < -0.4 is 20.1 Å². The number of carbonyl (C=O) groups excluding carboxylic acids is 1. The molecule has 0 aliphatic carbocycles. The molecule has 2 aromatic heterocycles. The zero-order valence-electron chi connectivity index (χ0n) is 19.7. The molecule has 1 aromatic carbocycles. The maximum Gasteiger partial charge on any atom is 0.255 e. The molecule has 0 saturated carbocycles. The normalized spacial score (nSPS) is 18.0. The van der Waals surface area contributed by atoms with Gasteiger partial charge in [-0.3, -0.25) is 14.7 Å². The molecule has 35 heavy (non-hydrogen) atoms. The minimum atomic E-state index is -0.144. The number of methoxy groups -OCH3 is 1. The van der Waals surface area contributed by atoms with Gasteiger partial charge in [-0.1, -0.05) is 17.7 Å². The molecule has 3 aromatic rings. The van der Waals surface area contributed by atoms with Crippen LogP contribution in [0.15, 0.2) is 36.7 Å². The van der Waals surface area contributed by atoms with Gasteiger partial charge in [0.1, 0.15) is 12.4 Å². The van der Waals surface area contributed by atoms with Gasteiger partial charge in [0.25, 0.3) is 5.91 Å². The number of aromatic amines is 1. The Balaban J connectivity index is 1.55. The SMILES string of the molecule is COc1c(Cl)cccc1Nc1c(-c2ccncc2OC[C@H]2COCCN2C)[nH]c2c1C(=O)NCC2. The van der Waals surface area contributed by atoms with Crippen LogP contribution in [0.4, 0.5) is 11.4 Å². The molecule has 1 atom stereocenters. The number of hydrogen-bond donors (Lipinski definition) is 3. The number of hydrogen-bond acceptors (Lipinski definition) is 7. The summed E-state index contributed by atoms with van der Waals surface area (Å²) in [7, 11) is 3.63. The van der Waals surface area contributed by atoms with Crippen molar-refractivity contribution in [2.45, 2.75) is 12.5 Å². The average Bonchev–Trinajstić information content (AvgIpc) is 3.23. The van der Waals surface area contributed by atoms with E-state index < -0.39 is 0 Å². The third-order valence-corrected chi connectivity index (χ3v) is 6.70. The quantitative estimate of drug-likeness (QED) is 0.459. The number of nitrogens with one attached hydrogen (secondary N) is 3. The second-order valence-electron chi connectivity index (χ2n) is 8.57. The molecule has 2 aliphatic heterocycles. The lowest BCUT2D eigenvalue weighted by atomic mass is 10.0. The van der Waals surface area contributed by atoms with Crippen LogP contribution in [0, 0.1) is 0 Å². The predicted octanol–water partition coefficient (Wildman–Crippen LogP) is 3.48. The number of pyridine rings is 1. The van der Waals surface area contributed by atoms with E-state index in [9.17, 15) is 4.79 Å². The molecule has 9 nitrogen and oxygen atoms in total. The van der Waals surface area contributed by atoms with E-state index in [2.05, 4.69) is 32.5 Å². The number of benzene rings is 1. The lowest BCUT2D eigenvalue weighted by Crippen LogP contribution is -2.46. The van der Waals surface area contributed by atoms with E-state index in [1.54, 1.807) is 25.6 Å². The zero-order valence-corrected chi connectivity index (χ0v) is 20.4. The van der Waals surface area contributed by atoms with Crippen molar-refractivity contribution in [2.24, 2.45) is 0 Å². The molecule has 0 bridgehead atoms. The van der Waals surface area contributed by atoms with Gasteiger partial charge in [0.15, 0.2) is 5.75 Å². The van der Waals surface area contributed by atoms with Crippen LogP contribution in [0.2, 0.25) is 5.02 Å². The highest BCUT2D eigenvalue weighted by molar-refractivity contribution is 6.32. The molecule has 2 aliphatic rings. The number of carbonyl (C=O) groups is 1. The highest BCUT2D eigenvalue weighted by Gasteiger charge is 2.29. The number of nitrogens with zero attached hydrogens (tertiary/aromatic N) is 2. The first kappa shape index (κ1) is 23.5. The number of halogens is 1. The number of para-hydroxylation sites is 1. The monoisotopic (exact) mass is 497 g/mol. The van der Waals surface area contributed by atoms with Crippen LogP contribution in [0.25, 0.3) is 11.3 Å². The molecule has 1 saturated heterocycles. The standard InChI is InChI=1S/C25H28ClN5O4/c1-31-10-11-34-13-15(31)14-35-20-12-27-8-6-16(20)22-23(21-18(29-22)7-9-28-25(21)32)30-19-5-3-4-17(26)24(19)33-2/h3-6,8,12,15,29-30H,7,9-11,13-14H2,1-2H3,(H,28,32)/t15-/m1/s1. The number of likely N-dealkylation sites (N-methyl/N-ethyl adjacent to an activating group) is 1. The average molecular weight is 498 g/mol. The van der Waals surface area contributed by atoms with Crippen molar-refractivity contribution >= 4 is 28.9 Å². The Morgan fingerprint density at radius 1 is 1.34 bits per heavy atom. The van der Waals surface area contributed by atoms with E-state index in [0.29, 0.717) is 59.6 Å². The molecule has 4 heterocycles. The molecule has 0 radical (unpaired) electrons. The summed E-state index contributed by atoms with van der Waals surface area (Å²) < 4.78 is 17.4. The van der Waals surface area contributed by atoms with Gasteiger partial charge in [-0.25, -0.2) is 0 Å². The van der Waals surface area contributed by atoms with Crippen molar-refractivity contribution in [1.82, 2.24) is 20.2 Å². The molecule has 0 unspecified atom stereocenters. The van der Waals surface area contributed by atoms with Crippen LogP contribution >= 0.6 is 11.6 Å². The number of amides is 1. The smallest absolute Gasteiger partial charge is 0.255 e. The molecule has 5 rings (SSSR count). The van der Waals surface area contributed by atoms with E-state index in [1.807, 2.05) is 18.2 Å². The molecule has 1 fully saturated rings. The number of H-pyrrole nitrogens is 1. The van der Waals surface area contributed by atoms with E-state index >= 15 is 0 Å². The first-order valence-corrected chi connectivity index (χ1v) is 11.9. The molecule has 1 amide bonds. The van der Waals surface area contributed by atoms with Crippen molar-refractivity contribution < 1.29 is 19.0 Å². The van der Waals surface area contributed by atoms with E-state index in [1.165, 1.54) is 0 Å². The van der Waals surface area contributed by atoms with Crippen molar-refractivity contribution in [3.05, 3.63) is 52.9 Å². The minimum Gasteiger partial charge on any atom is -0.493 e. The first-order valence-electron chi connectivity index (χ1n) is 11.5. The first-order chi connectivity index (χ1) is 17.1. The second-order valence-corrected chi connectivity index (χ2v) is 8.98. The number of rotatable bonds is 7. The number of morpholine rings is 1. The number of fused-ring (bicyclic) bond motifs is 1. The van der Waals surface area contributed by atoms with Gasteiger partial charge in [0, 0.05) is 37.0 Å². The molecule has 10 heteroatoms. The third-order valence-electron chi connectivity index (χ3n) is 6.40. The highest BCUT2D eigenvalue weighted by Crippen LogP contribution is 2.42. The summed E-state index contributed by atoms with van der Waals surface area (Å²) in [6.07, 6.45) is 4.10. The summed E-state index contributed by atoms with van der Waals surface area (Å²) in [5.74, 6) is 0.971. The number of aromatic nitrogens is 2. The van der Waals surface area contributed by atoms with Crippen LogP contribution in [-0.4, -0.2) is 73.9 Å². The molecular weight excluding hydrogens is 470 g/mol. The maximum absolute atomic E-state index is 12.9. The highest BCUT2D eigenvalue weighted by atomic mass is 35.5. The van der Waals surface area contributed by atoms with Gasteiger partial charge >= 0.3 is 0 Å². The Morgan fingerprint density at radius 3 is 3.06 bits per heavy atom. The van der Waals surface area contributed by atoms with Crippen molar-refractivity contribution in [2.75, 3.05) is 52.4 Å². The van der Waals surface area contributed by atoms with Gasteiger partial charge in [-0.2, -0.15) is 0 Å². The number of anilines is 2. The van der Waals surface area contributed by atoms with E-state index in [-0.39, 0.29) is 11.9 Å². The van der Waals surface area contributed by atoms with Crippen molar-refractivity contribution in [1.29, 1.82) is 0 Å². The molecule has 184 valence electrons. The van der Waals surface area contributed by atoms with Crippen molar-refractivity contribution in [3.63, 3.8) is 0 Å². The van der Waals surface area contributed by atoms with E-state index in [4.69, 9.17) is 25.8 Å². The molecular formula is C25H28ClN5O4. The summed E-state index contributed by atoms with van der Waals surface area (Å²) in [6, 6.07) is 7.47. The van der Waals surface area contributed by atoms with Gasteiger partial charge in [-0.15, -0.1) is 0 Å². The Morgan fingerprint density at radius 2 is 2.23 bits per heavy atom. The largest absolute Gasteiger partial charge is 0.493 e. The summed E-state index contributed by atoms with van der Waals surface area (Å²) >= 11 is 6.36. The van der Waals surface area contributed by atoms with Crippen molar-refractivity contribution in [3.8, 4) is 22.8 Å². The lowest BCUT2D eigenvalue weighted by Gasteiger charge is -2.32. The minimum absolute atomic E-state index is 0.144. The van der Waals surface area contributed by atoms with Crippen LogP contribution in [0.5, 0.6) is 11.5 Å². The summed E-state index contributed by atoms with van der Waals surface area (Å²) in [4.78, 5) is 22.9. The van der Waals surface area contributed by atoms with Crippen LogP contribution in [0.1, 0.15) is 16.1 Å². The predicted molar refractivity (Wildman–Crippen MR) is 134 cm³/mol. The molecule has 0 spiro atoms. The Kier molecular flexibility index (Phi) is 6.81. The van der Waals surface area contributed by atoms with Crippen LogP contribution in [0.3, 0.4) is 0 Å². The van der Waals surface area contributed by atoms with E-state index in [0.717, 1.165) is 30.1 Å². The second kappa shape index (κ2) is 10.2. The fourth-order valence-corrected chi connectivity index (χ4v) is 4.71. The maximum atomic E-state index is 12.9. The summed E-state index contributed by atoms with van der Waals surface area (Å²) in [5.41, 5.74) is 4.24. The van der Waals surface area contributed by atoms with Gasteiger partial charge in [0.05, 0.1) is 60.2 Å². The Hall–Kier alpha value is -3.27. The third kappa shape index (κ3) is 4.67. The fourth-order valence-electron chi connectivity index (χ4n) is 4.46. The fraction of sp³-hybridized carbons (Fsp3) is 0.360.